The zero-order valence-electron chi connectivity index (χ0n) is 18.6. The highest BCUT2D eigenvalue weighted by Crippen LogP contribution is 2.34. The Labute approximate surface area is 203 Å². The summed E-state index contributed by atoms with van der Waals surface area (Å²) in [6.45, 7) is -0.309. The predicted octanol–water partition coefficient (Wildman–Crippen LogP) is 1.79. The summed E-state index contributed by atoms with van der Waals surface area (Å²) in [5.74, 6) is -0.494. The number of nitrogens with two attached hydrogens (primary N) is 1. The van der Waals surface area contributed by atoms with Gasteiger partial charge in [0.25, 0.3) is 5.69 Å². The Morgan fingerprint density at radius 1 is 1.26 bits per heavy atom. The van der Waals surface area contributed by atoms with E-state index in [1.165, 1.54) is 21.3 Å². The van der Waals surface area contributed by atoms with Crippen LogP contribution in [-0.4, -0.2) is 71.9 Å². The van der Waals surface area contributed by atoms with E-state index in [4.69, 9.17) is 17.3 Å². The average molecular weight is 511 g/mol. The molecule has 1 heterocycles. The van der Waals surface area contributed by atoms with Crippen molar-refractivity contribution in [2.75, 3.05) is 26.7 Å². The molecule has 0 aromatic heterocycles. The minimum absolute atomic E-state index is 0.00463. The number of nitro groups is 1. The van der Waals surface area contributed by atoms with Crippen molar-refractivity contribution in [2.24, 2.45) is 5.73 Å². The summed E-state index contributed by atoms with van der Waals surface area (Å²) in [5.41, 5.74) is 5.52. The van der Waals surface area contributed by atoms with Gasteiger partial charge in [-0.05, 0) is 49.1 Å². The monoisotopic (exact) mass is 510 g/mol. The van der Waals surface area contributed by atoms with Crippen LogP contribution in [0.4, 0.5) is 5.69 Å². The fraction of sp³-hybridized carbons (Fsp3) is 0.409. The number of nitrogens with zero attached hydrogens (tertiary/aromatic N) is 3. The van der Waals surface area contributed by atoms with Crippen LogP contribution in [0, 0.1) is 10.1 Å². The maximum Gasteiger partial charge on any atom is 0.269 e. The zero-order valence-corrected chi connectivity index (χ0v) is 20.2. The highest BCUT2D eigenvalue weighted by molar-refractivity contribution is 7.89. The van der Waals surface area contributed by atoms with Gasteiger partial charge in [-0.3, -0.25) is 14.9 Å². The van der Waals surface area contributed by atoms with Crippen molar-refractivity contribution in [1.29, 1.82) is 0 Å². The van der Waals surface area contributed by atoms with Crippen molar-refractivity contribution in [3.63, 3.8) is 0 Å². The molecule has 2 atom stereocenters. The first-order valence-corrected chi connectivity index (χ1v) is 12.5. The van der Waals surface area contributed by atoms with Crippen LogP contribution in [0.15, 0.2) is 53.4 Å². The standard InChI is InChI=1S/C22H27ClN4O6S/c1-25(21(29)20(24)14-28)22(13-16-3-5-17(23)6-4-16)11-2-12-26(15-22)34(32,33)19-9-7-18(8-10-19)27(30)31/h3-10,20,28H,2,11-15,24H2,1H3/t20?,22-/m1/s1. The third-order valence-corrected chi connectivity index (χ3v) is 8.32. The van der Waals surface area contributed by atoms with E-state index in [2.05, 4.69) is 0 Å². The fourth-order valence-electron chi connectivity index (χ4n) is 4.24. The largest absolute Gasteiger partial charge is 0.394 e. The predicted molar refractivity (Wildman–Crippen MR) is 127 cm³/mol. The maximum atomic E-state index is 13.4. The summed E-state index contributed by atoms with van der Waals surface area (Å²) in [6.07, 6.45) is 1.34. The van der Waals surface area contributed by atoms with Crippen molar-refractivity contribution >= 4 is 33.2 Å². The Morgan fingerprint density at radius 2 is 1.88 bits per heavy atom. The molecular weight excluding hydrogens is 484 g/mol. The molecule has 3 N–H and O–H groups in total. The number of piperidine rings is 1. The van der Waals surface area contributed by atoms with Gasteiger partial charge in [0.2, 0.25) is 15.9 Å². The average Bonchev–Trinajstić information content (AvgIpc) is 2.84. The molecule has 2 aromatic rings. The van der Waals surface area contributed by atoms with Gasteiger partial charge in [0, 0.05) is 37.3 Å². The van der Waals surface area contributed by atoms with Gasteiger partial charge in [0.15, 0.2) is 0 Å². The molecule has 1 aliphatic heterocycles. The van der Waals surface area contributed by atoms with Crippen molar-refractivity contribution < 1.29 is 23.2 Å². The van der Waals surface area contributed by atoms with Crippen LogP contribution < -0.4 is 5.73 Å². The van der Waals surface area contributed by atoms with Crippen LogP contribution in [-0.2, 0) is 21.2 Å². The Kier molecular flexibility index (Phi) is 7.94. The molecule has 2 aromatic carbocycles. The van der Waals surface area contributed by atoms with Crippen LogP contribution in [0.1, 0.15) is 18.4 Å². The van der Waals surface area contributed by atoms with Crippen LogP contribution in [0.25, 0.3) is 0 Å². The molecule has 1 aliphatic rings. The molecule has 12 heteroatoms. The lowest BCUT2D eigenvalue weighted by atomic mass is 9.82. The first-order chi connectivity index (χ1) is 16.0. The molecule has 3 rings (SSSR count). The fourth-order valence-corrected chi connectivity index (χ4v) is 5.93. The number of likely N-dealkylation sites (N-methyl/N-ethyl adjacent to an activating group) is 1. The molecule has 0 saturated carbocycles. The van der Waals surface area contributed by atoms with E-state index >= 15 is 0 Å². The number of non-ortho nitro benzene ring substituents is 1. The molecule has 1 saturated heterocycles. The van der Waals surface area contributed by atoms with E-state index in [1.807, 2.05) is 12.1 Å². The van der Waals surface area contributed by atoms with Gasteiger partial charge in [0.05, 0.1) is 22.0 Å². The molecule has 0 radical (unpaired) electrons. The number of aliphatic hydroxyl groups excluding tert-OH is 1. The Morgan fingerprint density at radius 3 is 2.44 bits per heavy atom. The van der Waals surface area contributed by atoms with Crippen LogP contribution in [0.5, 0.6) is 0 Å². The van der Waals surface area contributed by atoms with Gasteiger partial charge < -0.3 is 15.7 Å². The summed E-state index contributed by atoms with van der Waals surface area (Å²) in [6, 6.07) is 10.7. The molecule has 0 aliphatic carbocycles. The Bertz CT molecular complexity index is 1140. The van der Waals surface area contributed by atoms with E-state index < -0.39 is 39.0 Å². The number of carbonyl (C=O) groups excluding carboxylic acids is 1. The smallest absolute Gasteiger partial charge is 0.269 e. The highest BCUT2D eigenvalue weighted by atomic mass is 35.5. The summed E-state index contributed by atoms with van der Waals surface area (Å²) >= 11 is 6.01. The third kappa shape index (κ3) is 5.39. The summed E-state index contributed by atoms with van der Waals surface area (Å²) in [4.78, 5) is 24.7. The lowest BCUT2D eigenvalue weighted by Crippen LogP contribution is -2.63. The third-order valence-electron chi connectivity index (χ3n) is 6.21. The van der Waals surface area contributed by atoms with Gasteiger partial charge in [-0.1, -0.05) is 23.7 Å². The van der Waals surface area contributed by atoms with Crippen molar-refractivity contribution in [1.82, 2.24) is 9.21 Å². The molecule has 1 amide bonds. The number of aliphatic hydroxyl groups is 1. The molecule has 0 spiro atoms. The van der Waals surface area contributed by atoms with Crippen molar-refractivity contribution in [2.45, 2.75) is 35.7 Å². The van der Waals surface area contributed by atoms with Gasteiger partial charge >= 0.3 is 0 Å². The minimum atomic E-state index is -3.99. The van der Waals surface area contributed by atoms with E-state index in [0.717, 1.165) is 17.7 Å². The first kappa shape index (κ1) is 26.0. The number of rotatable bonds is 8. The molecule has 34 heavy (non-hydrogen) atoms. The topological polar surface area (TPSA) is 147 Å². The highest BCUT2D eigenvalue weighted by Gasteiger charge is 2.45. The minimum Gasteiger partial charge on any atom is -0.394 e. The number of amides is 1. The number of nitro benzene ring substituents is 1. The van der Waals surface area contributed by atoms with Crippen molar-refractivity contribution in [3.05, 3.63) is 69.2 Å². The van der Waals surface area contributed by atoms with Gasteiger partial charge in [-0.2, -0.15) is 4.31 Å². The number of benzene rings is 2. The number of hydrogen-bond acceptors (Lipinski definition) is 7. The molecule has 1 unspecified atom stereocenters. The second-order valence-corrected chi connectivity index (χ2v) is 10.8. The maximum absolute atomic E-state index is 13.4. The molecular formula is C22H27ClN4O6S. The second-order valence-electron chi connectivity index (χ2n) is 8.41. The summed E-state index contributed by atoms with van der Waals surface area (Å²) in [5, 5.41) is 20.9. The Hall–Kier alpha value is -2.57. The quantitative estimate of drug-likeness (QED) is 0.406. The van der Waals surface area contributed by atoms with Gasteiger partial charge in [-0.15, -0.1) is 0 Å². The molecule has 10 nitrogen and oxygen atoms in total. The number of halogens is 1. The summed E-state index contributed by atoms with van der Waals surface area (Å²) < 4.78 is 28.1. The number of hydrogen-bond donors (Lipinski definition) is 2. The first-order valence-electron chi connectivity index (χ1n) is 10.6. The molecule has 1 fully saturated rings. The second kappa shape index (κ2) is 10.4. The normalized spacial score (nSPS) is 20.0. The van der Waals surface area contributed by atoms with Crippen LogP contribution >= 0.6 is 11.6 Å². The Balaban J connectivity index is 1.98. The number of sulfonamides is 1. The SMILES string of the molecule is CN(C(=O)C(N)CO)[C@@]1(Cc2ccc(Cl)cc2)CCCN(S(=O)(=O)c2ccc([N+](=O)[O-])cc2)C1. The van der Waals surface area contributed by atoms with Gasteiger partial charge in [0.1, 0.15) is 6.04 Å². The number of carbonyl (C=O) groups is 1. The van der Waals surface area contributed by atoms with E-state index in [0.29, 0.717) is 24.3 Å². The van der Waals surface area contributed by atoms with Crippen LogP contribution in [0.2, 0.25) is 5.02 Å². The zero-order chi connectivity index (χ0) is 25.1. The van der Waals surface area contributed by atoms with E-state index in [1.54, 1.807) is 19.2 Å². The summed E-state index contributed by atoms with van der Waals surface area (Å²) in [7, 11) is -2.42. The lowest BCUT2D eigenvalue weighted by Gasteiger charge is -2.48. The lowest BCUT2D eigenvalue weighted by molar-refractivity contribution is -0.384. The van der Waals surface area contributed by atoms with E-state index in [-0.39, 0.29) is 23.7 Å². The van der Waals surface area contributed by atoms with Gasteiger partial charge in [-0.25, -0.2) is 8.42 Å². The van der Waals surface area contributed by atoms with E-state index in [9.17, 15) is 28.4 Å². The van der Waals surface area contributed by atoms with Crippen LogP contribution in [0.3, 0.4) is 0 Å². The van der Waals surface area contributed by atoms with Crippen molar-refractivity contribution in [3.8, 4) is 0 Å². The molecule has 0 bridgehead atoms. The molecule has 184 valence electrons.